The van der Waals surface area contributed by atoms with Crippen molar-refractivity contribution in [3.05, 3.63) is 0 Å². The van der Waals surface area contributed by atoms with Gasteiger partial charge in [0.25, 0.3) is 0 Å². The van der Waals surface area contributed by atoms with E-state index in [-0.39, 0.29) is 16.9 Å². The molecule has 0 aromatic rings. The molecule has 1 heterocycles. The SMILES string of the molecule is CC(=O)N[C@@H]1C(=O)N([Si](C)(C)C(C)(C)C)[C@H]1OC(C)=O. The van der Waals surface area contributed by atoms with Crippen LogP contribution < -0.4 is 5.32 Å². The molecule has 1 rings (SSSR count). The Morgan fingerprint density at radius 3 is 2.10 bits per heavy atom. The highest BCUT2D eigenvalue weighted by Crippen LogP contribution is 2.43. The van der Waals surface area contributed by atoms with Crippen molar-refractivity contribution >= 4 is 26.0 Å². The van der Waals surface area contributed by atoms with Crippen LogP contribution in [0.1, 0.15) is 34.6 Å². The van der Waals surface area contributed by atoms with Crippen LogP contribution in [0, 0.1) is 0 Å². The van der Waals surface area contributed by atoms with Gasteiger partial charge >= 0.3 is 5.97 Å². The number of ether oxygens (including phenoxy) is 1. The number of rotatable bonds is 3. The third kappa shape index (κ3) is 2.87. The summed E-state index contributed by atoms with van der Waals surface area (Å²) in [5.41, 5.74) is 0. The summed E-state index contributed by atoms with van der Waals surface area (Å²) in [6, 6.07) is -0.759. The van der Waals surface area contributed by atoms with E-state index in [2.05, 4.69) is 39.2 Å². The van der Waals surface area contributed by atoms with E-state index in [1.807, 2.05) is 0 Å². The predicted octanol–water partition coefficient (Wildman–Crippen LogP) is 1.23. The van der Waals surface area contributed by atoms with Crippen molar-refractivity contribution in [3.63, 3.8) is 0 Å². The first-order valence-corrected chi connectivity index (χ1v) is 9.62. The van der Waals surface area contributed by atoms with E-state index in [1.54, 1.807) is 4.57 Å². The van der Waals surface area contributed by atoms with Crippen LogP contribution in [0.2, 0.25) is 18.1 Å². The predicted molar refractivity (Wildman–Crippen MR) is 77.2 cm³/mol. The van der Waals surface area contributed by atoms with Crippen molar-refractivity contribution in [1.29, 1.82) is 0 Å². The fourth-order valence-corrected chi connectivity index (χ4v) is 4.31. The van der Waals surface area contributed by atoms with Crippen LogP contribution in [-0.2, 0) is 19.1 Å². The lowest BCUT2D eigenvalue weighted by Gasteiger charge is -2.56. The number of nitrogens with one attached hydrogen (secondary N) is 1. The van der Waals surface area contributed by atoms with Gasteiger partial charge in [0.15, 0.2) is 20.5 Å². The van der Waals surface area contributed by atoms with Crippen molar-refractivity contribution in [1.82, 2.24) is 9.88 Å². The van der Waals surface area contributed by atoms with Gasteiger partial charge < -0.3 is 14.6 Å². The molecule has 1 fully saturated rings. The molecule has 1 aliphatic rings. The standard InChI is InChI=1S/C13H24N2O4Si/c1-8(16)14-10-11(18)15(12(10)19-9(2)17)20(6,7)13(3,4)5/h10,12H,1-7H3,(H,14,16)/t10-,12+/m1/s1. The van der Waals surface area contributed by atoms with Crippen molar-refractivity contribution in [2.75, 3.05) is 0 Å². The molecule has 0 bridgehead atoms. The Labute approximate surface area is 120 Å². The van der Waals surface area contributed by atoms with E-state index in [9.17, 15) is 14.4 Å². The van der Waals surface area contributed by atoms with Gasteiger partial charge in [-0.05, 0) is 5.04 Å². The zero-order valence-electron chi connectivity index (χ0n) is 13.2. The lowest BCUT2D eigenvalue weighted by Crippen LogP contribution is -2.79. The minimum atomic E-state index is -2.15. The molecule has 0 radical (unpaired) electrons. The smallest absolute Gasteiger partial charge is 0.304 e. The number of carbonyl (C=O) groups excluding carboxylic acids is 3. The largest absolute Gasteiger partial charge is 0.440 e. The first-order valence-electron chi connectivity index (χ1n) is 6.67. The van der Waals surface area contributed by atoms with Gasteiger partial charge in [-0.2, -0.15) is 0 Å². The second-order valence-corrected chi connectivity index (χ2v) is 11.8. The Morgan fingerprint density at radius 2 is 1.75 bits per heavy atom. The topological polar surface area (TPSA) is 75.7 Å². The number of β-lactam (4-membered cyclic amide) rings is 1. The average molecular weight is 300 g/mol. The molecule has 2 atom stereocenters. The van der Waals surface area contributed by atoms with Crippen LogP contribution in [0.5, 0.6) is 0 Å². The molecular formula is C13H24N2O4Si. The van der Waals surface area contributed by atoms with Crippen molar-refractivity contribution in [2.24, 2.45) is 0 Å². The van der Waals surface area contributed by atoms with Gasteiger partial charge in [0.1, 0.15) is 0 Å². The second kappa shape index (κ2) is 5.20. The van der Waals surface area contributed by atoms with E-state index in [0.717, 1.165) is 0 Å². The molecule has 0 saturated carbocycles. The first-order chi connectivity index (χ1) is 8.89. The molecule has 1 N–H and O–H groups in total. The van der Waals surface area contributed by atoms with Gasteiger partial charge in [0.05, 0.1) is 0 Å². The molecule has 0 spiro atoms. The molecule has 0 unspecified atom stereocenters. The van der Waals surface area contributed by atoms with Crippen LogP contribution >= 0.6 is 0 Å². The summed E-state index contributed by atoms with van der Waals surface area (Å²) in [6.07, 6.45) is -0.690. The monoisotopic (exact) mass is 300 g/mol. The quantitative estimate of drug-likeness (QED) is 0.483. The summed E-state index contributed by atoms with van der Waals surface area (Å²) in [6.45, 7) is 13.0. The third-order valence-corrected chi connectivity index (χ3v) is 9.48. The van der Waals surface area contributed by atoms with Crippen molar-refractivity contribution in [2.45, 2.75) is 65.0 Å². The summed E-state index contributed by atoms with van der Waals surface area (Å²) in [4.78, 5) is 34.8. The summed E-state index contributed by atoms with van der Waals surface area (Å²) in [5, 5.41) is 2.49. The third-order valence-electron chi connectivity index (χ3n) is 4.13. The minimum absolute atomic E-state index is 0.0672. The number of hydrogen-bond donors (Lipinski definition) is 1. The van der Waals surface area contributed by atoms with Gasteiger partial charge in [0.2, 0.25) is 11.8 Å². The van der Waals surface area contributed by atoms with E-state index in [4.69, 9.17) is 4.74 Å². The van der Waals surface area contributed by atoms with Crippen LogP contribution in [0.15, 0.2) is 0 Å². The summed E-state index contributed by atoms with van der Waals surface area (Å²) in [5.74, 6) is -0.935. The normalized spacial score (nSPS) is 23.1. The molecule has 7 heteroatoms. The molecule has 20 heavy (non-hydrogen) atoms. The molecule has 2 amide bonds. The highest BCUT2D eigenvalue weighted by molar-refractivity contribution is 6.80. The van der Waals surface area contributed by atoms with Gasteiger partial charge in [-0.3, -0.25) is 14.4 Å². The van der Waals surface area contributed by atoms with Crippen LogP contribution in [0.25, 0.3) is 0 Å². The van der Waals surface area contributed by atoms with Crippen molar-refractivity contribution < 1.29 is 19.1 Å². The second-order valence-electron chi connectivity index (χ2n) is 6.70. The zero-order chi connectivity index (χ0) is 15.9. The highest BCUT2D eigenvalue weighted by Gasteiger charge is 2.59. The van der Waals surface area contributed by atoms with Crippen LogP contribution in [0.4, 0.5) is 0 Å². The van der Waals surface area contributed by atoms with E-state index >= 15 is 0 Å². The van der Waals surface area contributed by atoms with E-state index in [1.165, 1.54) is 13.8 Å². The minimum Gasteiger partial charge on any atom is -0.440 e. The van der Waals surface area contributed by atoms with Crippen LogP contribution in [-0.4, -0.2) is 42.9 Å². The first kappa shape index (κ1) is 16.7. The molecule has 1 aliphatic heterocycles. The maximum Gasteiger partial charge on any atom is 0.304 e. The molecule has 6 nitrogen and oxygen atoms in total. The number of hydrogen-bond acceptors (Lipinski definition) is 4. The Hall–Kier alpha value is -1.37. The maximum absolute atomic E-state index is 12.3. The average Bonchev–Trinajstić information content (AvgIpc) is 2.22. The van der Waals surface area contributed by atoms with Gasteiger partial charge in [-0.1, -0.05) is 33.9 Å². The fraction of sp³-hybridized carbons (Fsp3) is 0.769. The molecule has 1 saturated heterocycles. The summed E-state index contributed by atoms with van der Waals surface area (Å²) >= 11 is 0. The molecular weight excluding hydrogens is 276 g/mol. The van der Waals surface area contributed by atoms with Crippen molar-refractivity contribution in [3.8, 4) is 0 Å². The van der Waals surface area contributed by atoms with Gasteiger partial charge in [0, 0.05) is 13.8 Å². The number of amides is 2. The number of esters is 1. The maximum atomic E-state index is 12.3. The Morgan fingerprint density at radius 1 is 1.25 bits per heavy atom. The molecule has 0 aromatic heterocycles. The lowest BCUT2D eigenvalue weighted by molar-refractivity contribution is -0.180. The molecule has 0 aromatic carbocycles. The zero-order valence-corrected chi connectivity index (χ0v) is 14.2. The van der Waals surface area contributed by atoms with Crippen LogP contribution in [0.3, 0.4) is 0 Å². The van der Waals surface area contributed by atoms with E-state index in [0.29, 0.717) is 0 Å². The molecule has 0 aliphatic carbocycles. The fourth-order valence-electron chi connectivity index (χ4n) is 2.06. The number of carbonyl (C=O) groups is 3. The van der Waals surface area contributed by atoms with E-state index < -0.39 is 26.5 Å². The Kier molecular flexibility index (Phi) is 4.33. The summed E-state index contributed by atoms with van der Waals surface area (Å²) < 4.78 is 6.93. The van der Waals surface area contributed by atoms with Gasteiger partial charge in [-0.15, -0.1) is 0 Å². The number of nitrogens with zero attached hydrogens (tertiary/aromatic N) is 1. The molecule has 114 valence electrons. The highest BCUT2D eigenvalue weighted by atomic mass is 28.3. The lowest BCUT2D eigenvalue weighted by atomic mass is 10.1. The Bertz CT molecular complexity index is 442. The summed E-state index contributed by atoms with van der Waals surface area (Å²) in [7, 11) is -2.15. The van der Waals surface area contributed by atoms with Gasteiger partial charge in [-0.25, -0.2) is 0 Å². The Balaban J connectivity index is 3.04.